The fourth-order valence-corrected chi connectivity index (χ4v) is 2.49. The predicted molar refractivity (Wildman–Crippen MR) is 91.7 cm³/mol. The van der Waals surface area contributed by atoms with Gasteiger partial charge in [0.15, 0.2) is 0 Å². The van der Waals surface area contributed by atoms with Crippen molar-refractivity contribution >= 4 is 0 Å². The van der Waals surface area contributed by atoms with Crippen LogP contribution >= 0.6 is 0 Å². The number of aryl methyl sites for hydroxylation is 2. The second-order valence-corrected chi connectivity index (χ2v) is 6.00. The Morgan fingerprint density at radius 2 is 1.65 bits per heavy atom. The van der Waals surface area contributed by atoms with Crippen molar-refractivity contribution in [2.45, 2.75) is 20.3 Å². The van der Waals surface area contributed by atoms with E-state index in [4.69, 9.17) is 8.94 Å². The molecule has 0 N–H and O–H groups in total. The molecule has 0 bridgehead atoms. The van der Waals surface area contributed by atoms with Crippen molar-refractivity contribution in [2.24, 2.45) is 0 Å². The van der Waals surface area contributed by atoms with Crippen molar-refractivity contribution in [2.75, 3.05) is 0 Å². The predicted octanol–water partition coefficient (Wildman–Crippen LogP) is 4.13. The number of hydrogen-bond acceptors (Lipinski definition) is 6. The molecule has 6 nitrogen and oxygen atoms in total. The molecule has 0 saturated heterocycles. The number of hydrogen-bond donors (Lipinski definition) is 0. The first kappa shape index (κ1) is 16.1. The lowest BCUT2D eigenvalue weighted by molar-refractivity contribution is 0.374. The van der Waals surface area contributed by atoms with Gasteiger partial charge in [0.1, 0.15) is 12.2 Å². The first-order valence-electron chi connectivity index (χ1n) is 8.07. The molecule has 26 heavy (non-hydrogen) atoms. The molecule has 0 aliphatic rings. The molecule has 0 atom stereocenters. The fraction of sp³-hybridized carbons (Fsp3) is 0.158. The minimum atomic E-state index is -0.321. The van der Waals surface area contributed by atoms with Crippen LogP contribution in [0.1, 0.15) is 22.9 Å². The van der Waals surface area contributed by atoms with Crippen LogP contribution in [0.15, 0.2) is 51.4 Å². The summed E-state index contributed by atoms with van der Waals surface area (Å²) in [4.78, 5) is 4.39. The largest absolute Gasteiger partial charge is 0.420 e. The Morgan fingerprint density at radius 3 is 2.42 bits per heavy atom. The van der Waals surface area contributed by atoms with Gasteiger partial charge in [-0.05, 0) is 55.3 Å². The van der Waals surface area contributed by atoms with Gasteiger partial charge in [-0.15, -0.1) is 10.2 Å². The number of nitrogens with zero attached hydrogens (tertiary/aromatic N) is 4. The monoisotopic (exact) mass is 350 g/mol. The van der Waals surface area contributed by atoms with Gasteiger partial charge in [0.25, 0.3) is 0 Å². The molecule has 0 radical (unpaired) electrons. The standard InChI is InChI=1S/C19H15FN4O2/c1-11-3-4-14(9-12(11)2)18-21-16(26-24-18)10-17-22-23-19(25-17)13-5-7-15(20)8-6-13/h3-9H,10H2,1-2H3. The number of halogens is 1. The highest BCUT2D eigenvalue weighted by molar-refractivity contribution is 5.56. The topological polar surface area (TPSA) is 77.8 Å². The van der Waals surface area contributed by atoms with Crippen molar-refractivity contribution in [1.29, 1.82) is 0 Å². The SMILES string of the molecule is Cc1ccc(-c2noc(Cc3nnc(-c4ccc(F)cc4)o3)n2)cc1C. The van der Waals surface area contributed by atoms with Gasteiger partial charge in [-0.3, -0.25) is 0 Å². The van der Waals surface area contributed by atoms with E-state index in [1.165, 1.54) is 17.7 Å². The molecule has 0 amide bonds. The molecule has 4 aromatic rings. The van der Waals surface area contributed by atoms with Crippen LogP contribution in [0.25, 0.3) is 22.8 Å². The Labute approximate surface area is 148 Å². The zero-order valence-corrected chi connectivity index (χ0v) is 14.2. The lowest BCUT2D eigenvalue weighted by Gasteiger charge is -2.00. The van der Waals surface area contributed by atoms with Crippen LogP contribution in [0.5, 0.6) is 0 Å². The van der Waals surface area contributed by atoms with E-state index in [0.717, 1.165) is 11.1 Å². The molecule has 0 fully saturated rings. The van der Waals surface area contributed by atoms with Crippen LogP contribution in [0.2, 0.25) is 0 Å². The van der Waals surface area contributed by atoms with Gasteiger partial charge in [-0.1, -0.05) is 17.3 Å². The van der Waals surface area contributed by atoms with Crippen LogP contribution < -0.4 is 0 Å². The molecule has 0 unspecified atom stereocenters. The first-order chi connectivity index (χ1) is 12.6. The second-order valence-electron chi connectivity index (χ2n) is 6.00. The van der Waals surface area contributed by atoms with Gasteiger partial charge in [-0.2, -0.15) is 4.98 Å². The third-order valence-corrected chi connectivity index (χ3v) is 4.09. The Kier molecular flexibility index (Phi) is 4.04. The van der Waals surface area contributed by atoms with E-state index < -0.39 is 0 Å². The van der Waals surface area contributed by atoms with E-state index in [0.29, 0.717) is 29.1 Å². The molecular weight excluding hydrogens is 335 g/mol. The lowest BCUT2D eigenvalue weighted by Crippen LogP contribution is -1.89. The highest BCUT2D eigenvalue weighted by Crippen LogP contribution is 2.22. The zero-order valence-electron chi connectivity index (χ0n) is 14.2. The maximum atomic E-state index is 13.0. The summed E-state index contributed by atoms with van der Waals surface area (Å²) in [7, 11) is 0. The van der Waals surface area contributed by atoms with Crippen LogP contribution in [-0.4, -0.2) is 20.3 Å². The molecule has 2 aromatic heterocycles. The molecule has 7 heteroatoms. The molecular formula is C19H15FN4O2. The molecule has 0 aliphatic carbocycles. The van der Waals surface area contributed by atoms with E-state index in [-0.39, 0.29) is 12.2 Å². The Hall–Kier alpha value is -3.35. The summed E-state index contributed by atoms with van der Waals surface area (Å²) in [6.07, 6.45) is 0.228. The lowest BCUT2D eigenvalue weighted by atomic mass is 10.1. The summed E-state index contributed by atoms with van der Waals surface area (Å²) in [5, 5.41) is 12.0. The summed E-state index contributed by atoms with van der Waals surface area (Å²) in [6, 6.07) is 11.8. The zero-order chi connectivity index (χ0) is 18.1. The highest BCUT2D eigenvalue weighted by atomic mass is 19.1. The minimum absolute atomic E-state index is 0.228. The average molecular weight is 350 g/mol. The number of benzene rings is 2. The van der Waals surface area contributed by atoms with Crippen LogP contribution in [0.3, 0.4) is 0 Å². The molecule has 0 spiro atoms. The maximum Gasteiger partial charge on any atom is 0.247 e. The smallest absolute Gasteiger partial charge is 0.247 e. The van der Waals surface area contributed by atoms with Crippen LogP contribution in [-0.2, 0) is 6.42 Å². The highest BCUT2D eigenvalue weighted by Gasteiger charge is 2.14. The normalized spacial score (nSPS) is 11.0. The third kappa shape index (κ3) is 3.23. The molecule has 4 rings (SSSR count). The van der Waals surface area contributed by atoms with E-state index in [9.17, 15) is 4.39 Å². The maximum absolute atomic E-state index is 13.0. The van der Waals surface area contributed by atoms with Crippen molar-refractivity contribution < 1.29 is 13.3 Å². The molecule has 0 saturated carbocycles. The van der Waals surface area contributed by atoms with Gasteiger partial charge in [0, 0.05) is 11.1 Å². The second kappa shape index (κ2) is 6.51. The van der Waals surface area contributed by atoms with Crippen molar-refractivity contribution in [3.63, 3.8) is 0 Å². The van der Waals surface area contributed by atoms with Crippen LogP contribution in [0, 0.1) is 19.7 Å². The van der Waals surface area contributed by atoms with E-state index in [1.807, 2.05) is 25.1 Å². The molecule has 2 heterocycles. The Morgan fingerprint density at radius 1 is 0.885 bits per heavy atom. The van der Waals surface area contributed by atoms with Crippen molar-refractivity contribution in [3.8, 4) is 22.8 Å². The van der Waals surface area contributed by atoms with E-state index >= 15 is 0 Å². The summed E-state index contributed by atoms with van der Waals surface area (Å²) in [5.74, 6) is 1.24. The summed E-state index contributed by atoms with van der Waals surface area (Å²) < 4.78 is 23.9. The Balaban J connectivity index is 1.52. The summed E-state index contributed by atoms with van der Waals surface area (Å²) >= 11 is 0. The summed E-state index contributed by atoms with van der Waals surface area (Å²) in [6.45, 7) is 4.09. The molecule has 2 aromatic carbocycles. The Bertz CT molecular complexity index is 1050. The first-order valence-corrected chi connectivity index (χ1v) is 8.07. The number of rotatable bonds is 4. The molecule has 0 aliphatic heterocycles. The van der Waals surface area contributed by atoms with Gasteiger partial charge >= 0.3 is 0 Å². The van der Waals surface area contributed by atoms with Crippen LogP contribution in [0.4, 0.5) is 4.39 Å². The summed E-state index contributed by atoms with van der Waals surface area (Å²) in [5.41, 5.74) is 3.90. The van der Waals surface area contributed by atoms with E-state index in [2.05, 4.69) is 27.3 Å². The van der Waals surface area contributed by atoms with Gasteiger partial charge < -0.3 is 8.94 Å². The third-order valence-electron chi connectivity index (χ3n) is 4.09. The van der Waals surface area contributed by atoms with Gasteiger partial charge in [0.2, 0.25) is 23.5 Å². The van der Waals surface area contributed by atoms with Crippen molar-refractivity contribution in [1.82, 2.24) is 20.3 Å². The fourth-order valence-electron chi connectivity index (χ4n) is 2.49. The van der Waals surface area contributed by atoms with Crippen molar-refractivity contribution in [3.05, 3.63) is 71.2 Å². The van der Waals surface area contributed by atoms with Gasteiger partial charge in [-0.25, -0.2) is 4.39 Å². The molecule has 130 valence electrons. The van der Waals surface area contributed by atoms with E-state index in [1.54, 1.807) is 12.1 Å². The quantitative estimate of drug-likeness (QED) is 0.551. The van der Waals surface area contributed by atoms with Gasteiger partial charge in [0.05, 0.1) is 0 Å². The number of aromatic nitrogens is 4. The average Bonchev–Trinajstić information content (AvgIpc) is 3.28. The minimum Gasteiger partial charge on any atom is -0.420 e.